The minimum atomic E-state index is -1.30. The summed E-state index contributed by atoms with van der Waals surface area (Å²) in [5.41, 5.74) is -1.63. The van der Waals surface area contributed by atoms with Crippen LogP contribution in [0.15, 0.2) is 18.2 Å². The molecule has 0 aliphatic carbocycles. The standard InChI is InChI=1S/C19H26FN3O4/c1-18(2)12-19(14-11-13(20)5-6-15(14)27-18)16(25)23(17(26)22-19)9-3-7-21-8-4-10-24/h5-6,11,21,24H,3-4,7-10,12H2,1-2H3,(H,22,26). The Hall–Kier alpha value is -2.19. The topological polar surface area (TPSA) is 90.9 Å². The summed E-state index contributed by atoms with van der Waals surface area (Å²) in [6.45, 7) is 5.38. The van der Waals surface area contributed by atoms with E-state index in [1.165, 1.54) is 23.1 Å². The van der Waals surface area contributed by atoms with E-state index in [9.17, 15) is 14.0 Å². The van der Waals surface area contributed by atoms with Gasteiger partial charge in [0, 0.05) is 25.1 Å². The molecule has 148 valence electrons. The molecule has 0 radical (unpaired) electrons. The number of hydrogen-bond donors (Lipinski definition) is 3. The first-order chi connectivity index (χ1) is 12.8. The predicted molar refractivity (Wildman–Crippen MR) is 96.8 cm³/mol. The van der Waals surface area contributed by atoms with Crippen molar-refractivity contribution in [3.8, 4) is 5.75 Å². The van der Waals surface area contributed by atoms with Crippen LogP contribution in [0.4, 0.5) is 9.18 Å². The van der Waals surface area contributed by atoms with Gasteiger partial charge in [-0.25, -0.2) is 9.18 Å². The lowest BCUT2D eigenvalue weighted by Crippen LogP contribution is -2.53. The van der Waals surface area contributed by atoms with Crippen LogP contribution in [0, 0.1) is 5.82 Å². The van der Waals surface area contributed by atoms with Crippen molar-refractivity contribution in [3.63, 3.8) is 0 Å². The summed E-state index contributed by atoms with van der Waals surface area (Å²) in [6, 6.07) is 3.58. The fourth-order valence-corrected chi connectivity index (χ4v) is 3.82. The zero-order valence-electron chi connectivity index (χ0n) is 15.7. The lowest BCUT2D eigenvalue weighted by molar-refractivity contribution is -0.134. The Kier molecular flexibility index (Phi) is 5.39. The largest absolute Gasteiger partial charge is 0.487 e. The molecule has 0 saturated carbocycles. The summed E-state index contributed by atoms with van der Waals surface area (Å²) in [7, 11) is 0. The molecule has 3 rings (SSSR count). The number of ether oxygens (including phenoxy) is 1. The number of carbonyl (C=O) groups is 2. The number of hydrogen-bond acceptors (Lipinski definition) is 5. The molecule has 2 aliphatic rings. The lowest BCUT2D eigenvalue weighted by atomic mass is 9.77. The highest BCUT2D eigenvalue weighted by Crippen LogP contribution is 2.46. The smallest absolute Gasteiger partial charge is 0.325 e. The molecule has 1 saturated heterocycles. The van der Waals surface area contributed by atoms with Crippen LogP contribution in [0.3, 0.4) is 0 Å². The number of nitrogens with one attached hydrogen (secondary N) is 2. The first kappa shape index (κ1) is 19.6. The fourth-order valence-electron chi connectivity index (χ4n) is 3.82. The van der Waals surface area contributed by atoms with E-state index in [4.69, 9.17) is 9.84 Å². The van der Waals surface area contributed by atoms with E-state index < -0.39 is 23.0 Å². The van der Waals surface area contributed by atoms with Crippen molar-refractivity contribution in [3.05, 3.63) is 29.6 Å². The third-order valence-corrected chi connectivity index (χ3v) is 4.90. The molecule has 3 N–H and O–H groups in total. The van der Waals surface area contributed by atoms with Crippen LogP contribution in [0.2, 0.25) is 0 Å². The quantitative estimate of drug-likeness (QED) is 0.493. The SMILES string of the molecule is CC1(C)CC2(NC(=O)N(CCCNCCCO)C2=O)c2cc(F)ccc2O1. The van der Waals surface area contributed by atoms with E-state index in [0.29, 0.717) is 37.2 Å². The molecule has 3 amide bonds. The van der Waals surface area contributed by atoms with E-state index in [1.807, 2.05) is 13.8 Å². The number of nitrogens with zero attached hydrogens (tertiary/aromatic N) is 1. The van der Waals surface area contributed by atoms with Gasteiger partial charge in [-0.15, -0.1) is 0 Å². The highest BCUT2D eigenvalue weighted by Gasteiger charge is 2.58. The predicted octanol–water partition coefficient (Wildman–Crippen LogP) is 1.50. The number of halogens is 1. The van der Waals surface area contributed by atoms with Crippen LogP contribution in [0.5, 0.6) is 5.75 Å². The van der Waals surface area contributed by atoms with Crippen molar-refractivity contribution >= 4 is 11.9 Å². The molecule has 8 heteroatoms. The average molecular weight is 379 g/mol. The second-order valence-electron chi connectivity index (χ2n) is 7.65. The van der Waals surface area contributed by atoms with Crippen molar-refractivity contribution in [2.75, 3.05) is 26.2 Å². The van der Waals surface area contributed by atoms with Crippen LogP contribution in [0.25, 0.3) is 0 Å². The second-order valence-corrected chi connectivity index (χ2v) is 7.65. The summed E-state index contributed by atoms with van der Waals surface area (Å²) < 4.78 is 19.8. The minimum absolute atomic E-state index is 0.121. The maximum Gasteiger partial charge on any atom is 0.325 e. The van der Waals surface area contributed by atoms with Crippen molar-refractivity contribution in [1.29, 1.82) is 0 Å². The molecule has 2 heterocycles. The number of amides is 3. The Morgan fingerprint density at radius 2 is 2.04 bits per heavy atom. The first-order valence-electron chi connectivity index (χ1n) is 9.24. The van der Waals surface area contributed by atoms with Crippen molar-refractivity contribution in [2.45, 2.75) is 44.2 Å². The fraction of sp³-hybridized carbons (Fsp3) is 0.579. The van der Waals surface area contributed by atoms with Crippen molar-refractivity contribution < 1.29 is 23.8 Å². The van der Waals surface area contributed by atoms with Crippen LogP contribution < -0.4 is 15.4 Å². The first-order valence-corrected chi connectivity index (χ1v) is 9.24. The molecule has 7 nitrogen and oxygen atoms in total. The Labute approximate surface area is 157 Å². The number of rotatable bonds is 7. The number of imide groups is 1. The maximum atomic E-state index is 13.9. The zero-order valence-corrected chi connectivity index (χ0v) is 15.7. The number of carbonyl (C=O) groups excluding carboxylic acids is 2. The Bertz CT molecular complexity index is 740. The molecule has 1 aromatic carbocycles. The molecule has 1 atom stereocenters. The zero-order chi connectivity index (χ0) is 19.7. The molecule has 0 aromatic heterocycles. The monoisotopic (exact) mass is 379 g/mol. The van der Waals surface area contributed by atoms with Gasteiger partial charge in [-0.3, -0.25) is 9.69 Å². The maximum absolute atomic E-state index is 13.9. The van der Waals surface area contributed by atoms with Gasteiger partial charge < -0.3 is 20.5 Å². The van der Waals surface area contributed by atoms with Gasteiger partial charge in [0.25, 0.3) is 5.91 Å². The van der Waals surface area contributed by atoms with Crippen molar-refractivity contribution in [1.82, 2.24) is 15.5 Å². The van der Waals surface area contributed by atoms with E-state index in [0.717, 1.165) is 0 Å². The van der Waals surface area contributed by atoms with Crippen molar-refractivity contribution in [2.24, 2.45) is 0 Å². The third kappa shape index (κ3) is 3.77. The molecule has 1 aromatic rings. The van der Waals surface area contributed by atoms with Gasteiger partial charge >= 0.3 is 6.03 Å². The van der Waals surface area contributed by atoms with Crippen LogP contribution in [-0.2, 0) is 10.3 Å². The molecule has 2 aliphatic heterocycles. The van der Waals surface area contributed by atoms with Gasteiger partial charge in [0.2, 0.25) is 0 Å². The Morgan fingerprint density at radius 1 is 1.30 bits per heavy atom. The van der Waals surface area contributed by atoms with E-state index in [2.05, 4.69) is 10.6 Å². The average Bonchev–Trinajstić information content (AvgIpc) is 2.82. The molecule has 1 unspecified atom stereocenters. The molecule has 0 bridgehead atoms. The van der Waals surface area contributed by atoms with Gasteiger partial charge in [-0.2, -0.15) is 0 Å². The molecule has 27 heavy (non-hydrogen) atoms. The number of fused-ring (bicyclic) bond motifs is 2. The van der Waals surface area contributed by atoms with Gasteiger partial charge in [0.1, 0.15) is 17.2 Å². The van der Waals surface area contributed by atoms with Gasteiger partial charge in [-0.1, -0.05) is 0 Å². The summed E-state index contributed by atoms with van der Waals surface area (Å²) in [5.74, 6) is -0.440. The summed E-state index contributed by atoms with van der Waals surface area (Å²) in [5, 5.41) is 14.7. The summed E-state index contributed by atoms with van der Waals surface area (Å²) in [4.78, 5) is 27.0. The third-order valence-electron chi connectivity index (χ3n) is 4.90. The number of urea groups is 1. The molecular weight excluding hydrogens is 353 g/mol. The molecule has 1 fully saturated rings. The van der Waals surface area contributed by atoms with Gasteiger partial charge in [-0.05, 0) is 58.0 Å². The summed E-state index contributed by atoms with van der Waals surface area (Å²) >= 11 is 0. The number of benzene rings is 1. The minimum Gasteiger partial charge on any atom is -0.487 e. The normalized spacial score (nSPS) is 23.3. The second kappa shape index (κ2) is 7.44. The highest BCUT2D eigenvalue weighted by atomic mass is 19.1. The molecular formula is C19H26FN3O4. The Morgan fingerprint density at radius 3 is 2.78 bits per heavy atom. The van der Waals surface area contributed by atoms with E-state index >= 15 is 0 Å². The van der Waals surface area contributed by atoms with Crippen LogP contribution in [-0.4, -0.2) is 53.8 Å². The highest BCUT2D eigenvalue weighted by molar-refractivity contribution is 6.08. The van der Waals surface area contributed by atoms with Crippen LogP contribution in [0.1, 0.15) is 38.7 Å². The van der Waals surface area contributed by atoms with Crippen LogP contribution >= 0.6 is 0 Å². The summed E-state index contributed by atoms with van der Waals surface area (Å²) in [6.07, 6.45) is 1.48. The van der Waals surface area contributed by atoms with E-state index in [1.54, 1.807) is 0 Å². The van der Waals surface area contributed by atoms with E-state index in [-0.39, 0.29) is 25.5 Å². The van der Waals surface area contributed by atoms with Gasteiger partial charge in [0.15, 0.2) is 5.54 Å². The Balaban J connectivity index is 1.79. The lowest BCUT2D eigenvalue weighted by Gasteiger charge is -2.42. The number of aliphatic hydroxyl groups is 1. The molecule has 1 spiro atoms. The van der Waals surface area contributed by atoms with Gasteiger partial charge in [0.05, 0.1) is 0 Å². The number of aliphatic hydroxyl groups excluding tert-OH is 1.